The Balaban J connectivity index is 1.62. The molecule has 0 saturated carbocycles. The fourth-order valence-corrected chi connectivity index (χ4v) is 4.57. The maximum absolute atomic E-state index is 14.0. The van der Waals surface area contributed by atoms with Gasteiger partial charge in [-0.3, -0.25) is 9.69 Å². The molecule has 0 aliphatic carbocycles. The number of rotatable bonds is 4. The highest BCUT2D eigenvalue weighted by molar-refractivity contribution is 8.27. The van der Waals surface area contributed by atoms with Crippen LogP contribution >= 0.6 is 35.7 Å². The van der Waals surface area contributed by atoms with Gasteiger partial charge in [-0.2, -0.15) is 0 Å². The zero-order valence-corrected chi connectivity index (χ0v) is 17.5. The van der Waals surface area contributed by atoms with E-state index in [9.17, 15) is 13.6 Å². The lowest BCUT2D eigenvalue weighted by atomic mass is 10.1. The Morgan fingerprint density at radius 2 is 1.97 bits per heavy atom. The van der Waals surface area contributed by atoms with E-state index >= 15 is 0 Å². The second kappa shape index (κ2) is 8.14. The number of carbonyl (C=O) groups is 1. The molecule has 0 unspecified atom stereocenters. The largest absolute Gasteiger partial charge is 0.457 e. The molecule has 0 spiro atoms. The minimum Gasteiger partial charge on any atom is -0.457 e. The smallest absolute Gasteiger partial charge is 0.270 e. The van der Waals surface area contributed by atoms with Gasteiger partial charge in [0.25, 0.3) is 5.91 Å². The maximum atomic E-state index is 14.0. The van der Waals surface area contributed by atoms with Crippen LogP contribution in [0.25, 0.3) is 17.4 Å². The molecule has 0 radical (unpaired) electrons. The van der Waals surface area contributed by atoms with Gasteiger partial charge in [-0.25, -0.2) is 8.78 Å². The van der Waals surface area contributed by atoms with Gasteiger partial charge in [-0.15, -0.1) is 11.8 Å². The number of thiocarbonyl (C=S) groups is 1. The number of carbonyl (C=O) groups excluding carboxylic acids is 1. The number of hydrogen-bond acceptors (Lipinski definition) is 5. The van der Waals surface area contributed by atoms with Crippen molar-refractivity contribution in [2.24, 2.45) is 0 Å². The second-order valence-electron chi connectivity index (χ2n) is 6.04. The van der Waals surface area contributed by atoms with E-state index < -0.39 is 11.6 Å². The molecule has 3 aromatic rings. The predicted octanol–water partition coefficient (Wildman–Crippen LogP) is 6.35. The average Bonchev–Trinajstić information content (AvgIpc) is 3.26. The Labute approximate surface area is 179 Å². The number of halogens is 2. The monoisotopic (exact) mass is 445 g/mol. The van der Waals surface area contributed by atoms with E-state index in [1.54, 1.807) is 30.0 Å². The highest BCUT2D eigenvalue weighted by Gasteiger charge is 2.33. The Morgan fingerprint density at radius 3 is 2.72 bits per heavy atom. The normalized spacial score (nSPS) is 15.6. The molecule has 8 heteroatoms. The van der Waals surface area contributed by atoms with Crippen molar-refractivity contribution in [3.05, 3.63) is 76.9 Å². The van der Waals surface area contributed by atoms with Crippen molar-refractivity contribution < 1.29 is 18.0 Å². The third kappa shape index (κ3) is 4.01. The zero-order valence-electron chi connectivity index (χ0n) is 15.0. The first-order valence-corrected chi connectivity index (χ1v) is 10.9. The summed E-state index contributed by atoms with van der Waals surface area (Å²) in [5.41, 5.74) is 0.851. The summed E-state index contributed by atoms with van der Waals surface area (Å²) < 4.78 is 33.1. The zero-order chi connectivity index (χ0) is 20.5. The van der Waals surface area contributed by atoms with E-state index in [0.717, 1.165) is 17.0 Å². The Morgan fingerprint density at radius 1 is 1.14 bits per heavy atom. The van der Waals surface area contributed by atoms with E-state index in [4.69, 9.17) is 16.6 Å². The molecule has 0 bridgehead atoms. The topological polar surface area (TPSA) is 33.5 Å². The summed E-state index contributed by atoms with van der Waals surface area (Å²) in [5.74, 6) is -0.999. The lowest BCUT2D eigenvalue weighted by molar-refractivity contribution is -0.113. The molecule has 1 aliphatic heterocycles. The number of anilines is 1. The third-order valence-electron chi connectivity index (χ3n) is 4.20. The van der Waals surface area contributed by atoms with Crippen LogP contribution in [-0.4, -0.2) is 16.5 Å². The van der Waals surface area contributed by atoms with Crippen molar-refractivity contribution >= 4 is 57.7 Å². The molecule has 146 valence electrons. The van der Waals surface area contributed by atoms with E-state index in [1.807, 2.05) is 30.5 Å². The van der Waals surface area contributed by atoms with E-state index in [0.29, 0.717) is 20.7 Å². The standard InChI is InChI=1S/C21H13F2NO2S3/c1-28-15-4-2-3-13(10-15)24-20(25)19(29-21(24)27)11-14-6-8-18(26-14)16-7-5-12(22)9-17(16)23/h2-11H,1H3/b19-11+. The summed E-state index contributed by atoms with van der Waals surface area (Å²) in [6.07, 6.45) is 3.53. The van der Waals surface area contributed by atoms with Gasteiger partial charge in [0.2, 0.25) is 0 Å². The van der Waals surface area contributed by atoms with Gasteiger partial charge in [-0.05, 0) is 48.7 Å². The number of hydrogen-bond donors (Lipinski definition) is 0. The number of amides is 1. The van der Waals surface area contributed by atoms with Crippen LogP contribution in [-0.2, 0) is 4.79 Å². The molecule has 1 aliphatic rings. The molecule has 1 amide bonds. The van der Waals surface area contributed by atoms with Crippen LogP contribution in [0.2, 0.25) is 0 Å². The van der Waals surface area contributed by atoms with Crippen molar-refractivity contribution in [1.82, 2.24) is 0 Å². The van der Waals surface area contributed by atoms with Crippen LogP contribution < -0.4 is 4.90 Å². The van der Waals surface area contributed by atoms with Crippen LogP contribution in [0.3, 0.4) is 0 Å². The lowest BCUT2D eigenvalue weighted by Gasteiger charge is -2.15. The van der Waals surface area contributed by atoms with Gasteiger partial charge in [-0.1, -0.05) is 30.0 Å². The Hall–Kier alpha value is -2.42. The van der Waals surface area contributed by atoms with Crippen LogP contribution in [0.5, 0.6) is 0 Å². The molecular formula is C21H13F2NO2S3. The SMILES string of the molecule is CSc1cccc(N2C(=O)/C(=C\c3ccc(-c4ccc(F)cc4F)o3)SC2=S)c1. The fraction of sp³-hybridized carbons (Fsp3) is 0.0476. The minimum atomic E-state index is -0.717. The number of thioether (sulfide) groups is 2. The molecule has 2 heterocycles. The molecule has 0 atom stereocenters. The van der Waals surface area contributed by atoms with E-state index in [-0.39, 0.29) is 17.2 Å². The van der Waals surface area contributed by atoms with Gasteiger partial charge in [0.1, 0.15) is 23.2 Å². The summed E-state index contributed by atoms with van der Waals surface area (Å²) in [5, 5.41) is 0. The first kappa shape index (κ1) is 19.9. The molecule has 3 nitrogen and oxygen atoms in total. The quantitative estimate of drug-likeness (QED) is 0.265. The number of benzene rings is 2. The number of nitrogens with zero attached hydrogens (tertiary/aromatic N) is 1. The second-order valence-corrected chi connectivity index (χ2v) is 8.60. The average molecular weight is 446 g/mol. The van der Waals surface area contributed by atoms with Crippen LogP contribution in [0.15, 0.2) is 68.8 Å². The van der Waals surface area contributed by atoms with Crippen molar-refractivity contribution in [1.29, 1.82) is 0 Å². The Kier molecular flexibility index (Phi) is 5.58. The fourth-order valence-electron chi connectivity index (χ4n) is 2.83. The molecule has 1 fully saturated rings. The van der Waals surface area contributed by atoms with E-state index in [2.05, 4.69) is 0 Å². The molecule has 29 heavy (non-hydrogen) atoms. The minimum absolute atomic E-state index is 0.146. The van der Waals surface area contributed by atoms with Gasteiger partial charge < -0.3 is 4.42 Å². The van der Waals surface area contributed by atoms with Crippen molar-refractivity contribution in [2.75, 3.05) is 11.2 Å². The van der Waals surface area contributed by atoms with Gasteiger partial charge in [0, 0.05) is 17.0 Å². The predicted molar refractivity (Wildman–Crippen MR) is 118 cm³/mol. The molecule has 1 saturated heterocycles. The highest BCUT2D eigenvalue weighted by atomic mass is 32.2. The summed E-state index contributed by atoms with van der Waals surface area (Å²) in [6, 6.07) is 14.0. The Bertz CT molecular complexity index is 1160. The first-order valence-electron chi connectivity index (χ1n) is 8.43. The molecule has 4 rings (SSSR count). The molecule has 1 aromatic heterocycles. The van der Waals surface area contributed by atoms with Crippen LogP contribution in [0.1, 0.15) is 5.76 Å². The molecular weight excluding hydrogens is 432 g/mol. The third-order valence-corrected chi connectivity index (χ3v) is 6.23. The summed E-state index contributed by atoms with van der Waals surface area (Å²) in [6.45, 7) is 0. The number of furan rings is 1. The van der Waals surface area contributed by atoms with Crippen LogP contribution in [0, 0.1) is 11.6 Å². The van der Waals surface area contributed by atoms with Crippen LogP contribution in [0.4, 0.5) is 14.5 Å². The van der Waals surface area contributed by atoms with E-state index in [1.165, 1.54) is 22.7 Å². The van der Waals surface area contributed by atoms with Gasteiger partial charge in [0.05, 0.1) is 16.2 Å². The molecule has 0 N–H and O–H groups in total. The van der Waals surface area contributed by atoms with Crippen molar-refractivity contribution in [3.8, 4) is 11.3 Å². The molecule has 2 aromatic carbocycles. The first-order chi connectivity index (χ1) is 14.0. The summed E-state index contributed by atoms with van der Waals surface area (Å²) in [7, 11) is 0. The lowest BCUT2D eigenvalue weighted by Crippen LogP contribution is -2.27. The van der Waals surface area contributed by atoms with Crippen molar-refractivity contribution in [3.63, 3.8) is 0 Å². The van der Waals surface area contributed by atoms with Gasteiger partial charge >= 0.3 is 0 Å². The van der Waals surface area contributed by atoms with Gasteiger partial charge in [0.15, 0.2) is 4.32 Å². The summed E-state index contributed by atoms with van der Waals surface area (Å²) >= 11 is 8.14. The highest BCUT2D eigenvalue weighted by Crippen LogP contribution is 2.37. The van der Waals surface area contributed by atoms with Crippen molar-refractivity contribution in [2.45, 2.75) is 4.90 Å². The maximum Gasteiger partial charge on any atom is 0.270 e. The summed E-state index contributed by atoms with van der Waals surface area (Å²) in [4.78, 5) is 15.8.